The van der Waals surface area contributed by atoms with Gasteiger partial charge in [0.1, 0.15) is 17.3 Å². The van der Waals surface area contributed by atoms with Gasteiger partial charge in [-0.2, -0.15) is 9.97 Å². The number of aromatic amines is 1. The largest absolute Gasteiger partial charge is 0.421 e. The third kappa shape index (κ3) is 2.88. The number of para-hydroxylation sites is 1. The number of nitrogens with two attached hydrogens (primary N) is 1. The summed E-state index contributed by atoms with van der Waals surface area (Å²) < 4.78 is 5.95. The number of hydrogen-bond donors (Lipinski definition) is 3. The van der Waals surface area contributed by atoms with Gasteiger partial charge in [0.15, 0.2) is 5.75 Å². The van der Waals surface area contributed by atoms with Gasteiger partial charge in [0, 0.05) is 37.0 Å². The predicted octanol–water partition coefficient (Wildman–Crippen LogP) is 2.97. The Morgan fingerprint density at radius 3 is 2.74 bits per heavy atom. The van der Waals surface area contributed by atoms with Crippen LogP contribution in [0.15, 0.2) is 30.6 Å². The van der Waals surface area contributed by atoms with Gasteiger partial charge in [0.25, 0.3) is 0 Å². The minimum atomic E-state index is 0.158. The van der Waals surface area contributed by atoms with Crippen LogP contribution in [0.2, 0.25) is 0 Å². The van der Waals surface area contributed by atoms with E-state index in [1.165, 1.54) is 12.8 Å². The lowest BCUT2D eigenvalue weighted by Gasteiger charge is -2.19. The number of aromatic nitrogens is 5. The Balaban J connectivity index is 1.52. The number of H-pyrrole nitrogens is 1. The summed E-state index contributed by atoms with van der Waals surface area (Å²) in [7, 11) is 1.91. The first-order valence-corrected chi connectivity index (χ1v) is 10.5. The van der Waals surface area contributed by atoms with Gasteiger partial charge in [-0.3, -0.25) is 0 Å². The van der Waals surface area contributed by atoms with Crippen LogP contribution >= 0.6 is 0 Å². The second-order valence-corrected chi connectivity index (χ2v) is 8.57. The van der Waals surface area contributed by atoms with Crippen molar-refractivity contribution in [3.63, 3.8) is 0 Å². The first-order valence-electron chi connectivity index (χ1n) is 10.5. The molecule has 0 amide bonds. The summed E-state index contributed by atoms with van der Waals surface area (Å²) in [6, 6.07) is 6.59. The summed E-state index contributed by atoms with van der Waals surface area (Å²) in [6.45, 7) is 3.52. The molecule has 4 aromatic rings. The second-order valence-electron chi connectivity index (χ2n) is 8.57. The molecule has 9 heteroatoms. The molecule has 1 aliphatic carbocycles. The third-order valence-electron chi connectivity index (χ3n) is 6.58. The van der Waals surface area contributed by atoms with Crippen molar-refractivity contribution in [1.29, 1.82) is 0 Å². The van der Waals surface area contributed by atoms with Gasteiger partial charge in [0.05, 0.1) is 29.0 Å². The van der Waals surface area contributed by atoms with Gasteiger partial charge >= 0.3 is 6.01 Å². The number of ether oxygens (including phenoxy) is 1. The fraction of sp³-hybridized carbons (Fsp3) is 0.364. The lowest BCUT2D eigenvalue weighted by molar-refractivity contribution is 0.439. The molecule has 158 valence electrons. The molecule has 0 radical (unpaired) electrons. The molecule has 1 aromatic carbocycles. The van der Waals surface area contributed by atoms with Crippen molar-refractivity contribution in [2.24, 2.45) is 11.1 Å². The minimum absolute atomic E-state index is 0.158. The summed E-state index contributed by atoms with van der Waals surface area (Å²) >= 11 is 0. The molecule has 1 spiro atoms. The van der Waals surface area contributed by atoms with E-state index in [1.807, 2.05) is 26.1 Å². The number of anilines is 2. The SMILES string of the molecule is CNc1cccc2c1[nH]c1nc(Oc3cnc(C)nc3)nc(N3C[C@H](N)C4(CC4)C3)c12. The summed E-state index contributed by atoms with van der Waals surface area (Å²) in [5.74, 6) is 2.03. The number of fused-ring (bicyclic) bond motifs is 3. The maximum Gasteiger partial charge on any atom is 0.326 e. The van der Waals surface area contributed by atoms with E-state index in [4.69, 9.17) is 15.5 Å². The maximum atomic E-state index is 6.51. The highest BCUT2D eigenvalue weighted by Gasteiger charge is 2.54. The highest BCUT2D eigenvalue weighted by molar-refractivity contribution is 6.14. The van der Waals surface area contributed by atoms with Crippen LogP contribution in [0.4, 0.5) is 11.5 Å². The van der Waals surface area contributed by atoms with Crippen molar-refractivity contribution in [1.82, 2.24) is 24.9 Å². The molecule has 1 saturated carbocycles. The zero-order valence-corrected chi connectivity index (χ0v) is 17.5. The standard InChI is InChI=1S/C22H24N8O/c1-12-25-8-13(9-26-12)31-21-28-19-17(14-4-3-5-15(24-2)18(14)27-19)20(29-21)30-10-16(23)22(11-30)6-7-22/h3-5,8-9,16,24H,6-7,10-11,23H2,1-2H3,(H,27,28,29)/t16-/m0/s1. The van der Waals surface area contributed by atoms with Crippen LogP contribution in [-0.4, -0.2) is 51.1 Å². The van der Waals surface area contributed by atoms with Crippen molar-refractivity contribution in [2.75, 3.05) is 30.4 Å². The molecule has 2 fully saturated rings. The summed E-state index contributed by atoms with van der Waals surface area (Å²) in [6.07, 6.45) is 5.62. The average molecular weight is 416 g/mol. The highest BCUT2D eigenvalue weighted by Crippen LogP contribution is 2.53. The van der Waals surface area contributed by atoms with E-state index >= 15 is 0 Å². The van der Waals surface area contributed by atoms with Crippen LogP contribution in [0.1, 0.15) is 18.7 Å². The van der Waals surface area contributed by atoms with Gasteiger partial charge in [0.2, 0.25) is 0 Å². The molecule has 0 bridgehead atoms. The molecular formula is C22H24N8O. The first-order chi connectivity index (χ1) is 15.1. The van der Waals surface area contributed by atoms with Crippen LogP contribution in [0.25, 0.3) is 21.9 Å². The fourth-order valence-electron chi connectivity index (χ4n) is 4.65. The topological polar surface area (TPSA) is 118 Å². The molecule has 4 heterocycles. The average Bonchev–Trinajstić information content (AvgIpc) is 3.35. The van der Waals surface area contributed by atoms with E-state index in [9.17, 15) is 0 Å². The molecule has 1 aliphatic heterocycles. The van der Waals surface area contributed by atoms with Crippen molar-refractivity contribution >= 4 is 33.4 Å². The van der Waals surface area contributed by atoms with Crippen LogP contribution in [-0.2, 0) is 0 Å². The summed E-state index contributed by atoms with van der Waals surface area (Å²) in [5.41, 5.74) is 9.47. The Hall–Kier alpha value is -3.46. The Morgan fingerprint density at radius 1 is 1.23 bits per heavy atom. The van der Waals surface area contributed by atoms with Crippen molar-refractivity contribution in [3.05, 3.63) is 36.4 Å². The van der Waals surface area contributed by atoms with Crippen molar-refractivity contribution < 1.29 is 4.74 Å². The molecule has 0 unspecified atom stereocenters. The van der Waals surface area contributed by atoms with Gasteiger partial charge in [-0.15, -0.1) is 0 Å². The van der Waals surface area contributed by atoms with E-state index < -0.39 is 0 Å². The van der Waals surface area contributed by atoms with Gasteiger partial charge in [-0.1, -0.05) is 12.1 Å². The quantitative estimate of drug-likeness (QED) is 0.465. The van der Waals surface area contributed by atoms with Crippen LogP contribution in [0, 0.1) is 12.3 Å². The summed E-state index contributed by atoms with van der Waals surface area (Å²) in [4.78, 5) is 23.7. The zero-order chi connectivity index (χ0) is 21.2. The second kappa shape index (κ2) is 6.52. The molecule has 1 atom stereocenters. The maximum absolute atomic E-state index is 6.51. The molecule has 1 saturated heterocycles. The molecule has 9 nitrogen and oxygen atoms in total. The molecule has 6 rings (SSSR count). The molecular weight excluding hydrogens is 392 g/mol. The van der Waals surface area contributed by atoms with E-state index in [2.05, 4.69) is 36.2 Å². The Kier molecular flexibility index (Phi) is 3.85. The Bertz CT molecular complexity index is 1290. The predicted molar refractivity (Wildman–Crippen MR) is 120 cm³/mol. The molecule has 3 aromatic heterocycles. The number of aryl methyl sites for hydroxylation is 1. The van der Waals surface area contributed by atoms with Crippen LogP contribution < -0.4 is 20.7 Å². The highest BCUT2D eigenvalue weighted by atomic mass is 16.5. The van der Waals surface area contributed by atoms with Crippen LogP contribution in [0.3, 0.4) is 0 Å². The van der Waals surface area contributed by atoms with Gasteiger partial charge in [-0.05, 0) is 25.8 Å². The van der Waals surface area contributed by atoms with Crippen LogP contribution in [0.5, 0.6) is 11.8 Å². The number of nitrogens with zero attached hydrogens (tertiary/aromatic N) is 5. The monoisotopic (exact) mass is 416 g/mol. The number of benzene rings is 1. The molecule has 2 aliphatic rings. The number of hydrogen-bond acceptors (Lipinski definition) is 8. The van der Waals surface area contributed by atoms with Crippen molar-refractivity contribution in [2.45, 2.75) is 25.8 Å². The fourth-order valence-corrected chi connectivity index (χ4v) is 4.65. The zero-order valence-electron chi connectivity index (χ0n) is 17.5. The summed E-state index contributed by atoms with van der Waals surface area (Å²) in [5, 5.41) is 5.32. The molecule has 4 N–H and O–H groups in total. The minimum Gasteiger partial charge on any atom is -0.421 e. The van der Waals surface area contributed by atoms with E-state index in [0.29, 0.717) is 11.6 Å². The Labute approximate surface area is 179 Å². The van der Waals surface area contributed by atoms with E-state index in [0.717, 1.165) is 46.5 Å². The number of nitrogens with one attached hydrogen (secondary N) is 2. The van der Waals surface area contributed by atoms with Gasteiger partial charge in [-0.25, -0.2) is 9.97 Å². The third-order valence-corrected chi connectivity index (χ3v) is 6.58. The van der Waals surface area contributed by atoms with Gasteiger partial charge < -0.3 is 25.7 Å². The first kappa shape index (κ1) is 18.3. The normalized spacial score (nSPS) is 19.5. The van der Waals surface area contributed by atoms with E-state index in [1.54, 1.807) is 12.4 Å². The molecule has 31 heavy (non-hydrogen) atoms. The number of rotatable bonds is 4. The lowest BCUT2D eigenvalue weighted by atomic mass is 10.0. The van der Waals surface area contributed by atoms with Crippen molar-refractivity contribution in [3.8, 4) is 11.8 Å². The Morgan fingerprint density at radius 2 is 2.03 bits per heavy atom. The smallest absolute Gasteiger partial charge is 0.326 e. The lowest BCUT2D eigenvalue weighted by Crippen LogP contribution is -2.30. The van der Waals surface area contributed by atoms with E-state index in [-0.39, 0.29) is 17.5 Å².